The lowest BCUT2D eigenvalue weighted by Gasteiger charge is -2.13. The van der Waals surface area contributed by atoms with E-state index in [0.717, 1.165) is 27.1 Å². The van der Waals surface area contributed by atoms with Crippen LogP contribution in [-0.2, 0) is 6.54 Å². The van der Waals surface area contributed by atoms with Crippen molar-refractivity contribution < 1.29 is 14.4 Å². The van der Waals surface area contributed by atoms with Gasteiger partial charge in [0.1, 0.15) is 28.9 Å². The zero-order valence-electron chi connectivity index (χ0n) is 14.5. The molecule has 4 aromatic rings. The number of nitrogens with zero attached hydrogens (tertiary/aromatic N) is 2. The summed E-state index contributed by atoms with van der Waals surface area (Å²) in [5.41, 5.74) is 3.60. The molecule has 0 saturated heterocycles. The Morgan fingerprint density at radius 1 is 1.22 bits per heavy atom. The minimum absolute atomic E-state index is 0.205. The van der Waals surface area contributed by atoms with E-state index in [1.54, 1.807) is 23.7 Å². The Morgan fingerprint density at radius 3 is 3.07 bits per heavy atom. The third-order valence-corrected chi connectivity index (χ3v) is 4.96. The maximum atomic E-state index is 10.1. The monoisotopic (exact) mass is 381 g/mol. The number of aliphatic hydroxyl groups excluding tert-OH is 1. The molecule has 0 aliphatic heterocycles. The number of thiophene rings is 1. The molecule has 1 aromatic carbocycles. The molecule has 2 N–H and O–H groups in total. The predicted octanol–water partition coefficient (Wildman–Crippen LogP) is 3.48. The van der Waals surface area contributed by atoms with Crippen LogP contribution in [0.1, 0.15) is 5.56 Å². The minimum atomic E-state index is -0.610. The zero-order valence-corrected chi connectivity index (χ0v) is 15.4. The Kier molecular flexibility index (Phi) is 5.43. The Morgan fingerprint density at radius 2 is 2.19 bits per heavy atom. The Hall–Kier alpha value is -2.74. The van der Waals surface area contributed by atoms with Crippen LogP contribution in [0.3, 0.4) is 0 Å². The number of rotatable bonds is 8. The number of aromatic nitrogens is 2. The smallest absolute Gasteiger partial charge is 0.178 e. The van der Waals surface area contributed by atoms with Gasteiger partial charge in [-0.2, -0.15) is 0 Å². The van der Waals surface area contributed by atoms with Gasteiger partial charge in [-0.25, -0.2) is 0 Å². The molecule has 0 radical (unpaired) electrons. The lowest BCUT2D eigenvalue weighted by molar-refractivity contribution is 0.106. The molecule has 0 unspecified atom stereocenters. The SMILES string of the molecule is O[C@H](CNCc1cccnc1)COc1cccc(-c2noc3ccsc23)c1. The second kappa shape index (κ2) is 8.30. The van der Waals surface area contributed by atoms with E-state index in [-0.39, 0.29) is 6.61 Å². The van der Waals surface area contributed by atoms with Gasteiger partial charge in [-0.3, -0.25) is 4.98 Å². The number of hydrogen-bond acceptors (Lipinski definition) is 7. The first-order chi connectivity index (χ1) is 13.3. The first-order valence-electron chi connectivity index (χ1n) is 8.63. The summed E-state index contributed by atoms with van der Waals surface area (Å²) < 4.78 is 12.1. The fourth-order valence-corrected chi connectivity index (χ4v) is 3.55. The molecule has 0 spiro atoms. The lowest BCUT2D eigenvalue weighted by atomic mass is 10.1. The Balaban J connectivity index is 1.31. The summed E-state index contributed by atoms with van der Waals surface area (Å²) in [6.07, 6.45) is 2.93. The Bertz CT molecular complexity index is 1000. The van der Waals surface area contributed by atoms with Gasteiger partial charge >= 0.3 is 0 Å². The van der Waals surface area contributed by atoms with Crippen LogP contribution in [0, 0.1) is 0 Å². The van der Waals surface area contributed by atoms with Crippen molar-refractivity contribution in [1.29, 1.82) is 0 Å². The quantitative estimate of drug-likeness (QED) is 0.486. The predicted molar refractivity (Wildman–Crippen MR) is 105 cm³/mol. The molecule has 6 nitrogen and oxygen atoms in total. The molecular formula is C20H19N3O3S. The van der Waals surface area contributed by atoms with E-state index in [1.807, 2.05) is 47.8 Å². The second-order valence-corrected chi connectivity index (χ2v) is 7.05. The largest absolute Gasteiger partial charge is 0.491 e. The molecule has 3 heterocycles. The summed E-state index contributed by atoms with van der Waals surface area (Å²) >= 11 is 1.60. The molecule has 0 amide bonds. The van der Waals surface area contributed by atoms with Crippen LogP contribution in [0.4, 0.5) is 0 Å². The zero-order chi connectivity index (χ0) is 18.5. The van der Waals surface area contributed by atoms with Gasteiger partial charge in [0.15, 0.2) is 5.58 Å². The van der Waals surface area contributed by atoms with Crippen LogP contribution in [0.15, 0.2) is 64.8 Å². The summed E-state index contributed by atoms with van der Waals surface area (Å²) in [6.45, 7) is 1.30. The maximum Gasteiger partial charge on any atom is 0.178 e. The normalized spacial score (nSPS) is 12.3. The highest BCUT2D eigenvalue weighted by molar-refractivity contribution is 7.17. The summed E-state index contributed by atoms with van der Waals surface area (Å²) in [7, 11) is 0. The van der Waals surface area contributed by atoms with Crippen molar-refractivity contribution in [3.05, 3.63) is 65.8 Å². The average molecular weight is 381 g/mol. The van der Waals surface area contributed by atoms with Crippen molar-refractivity contribution in [2.45, 2.75) is 12.6 Å². The van der Waals surface area contributed by atoms with E-state index in [9.17, 15) is 5.11 Å². The van der Waals surface area contributed by atoms with Crippen molar-refractivity contribution in [1.82, 2.24) is 15.5 Å². The molecule has 3 aromatic heterocycles. The molecule has 0 fully saturated rings. The van der Waals surface area contributed by atoms with Crippen molar-refractivity contribution in [2.75, 3.05) is 13.2 Å². The molecule has 0 saturated carbocycles. The van der Waals surface area contributed by atoms with E-state index in [2.05, 4.69) is 15.5 Å². The molecule has 7 heteroatoms. The number of benzene rings is 1. The van der Waals surface area contributed by atoms with E-state index in [1.165, 1.54) is 0 Å². The van der Waals surface area contributed by atoms with Gasteiger partial charge in [-0.05, 0) is 35.2 Å². The van der Waals surface area contributed by atoms with Gasteiger partial charge in [0.05, 0.1) is 0 Å². The maximum absolute atomic E-state index is 10.1. The number of hydrogen-bond donors (Lipinski definition) is 2. The molecule has 0 aliphatic carbocycles. The molecular weight excluding hydrogens is 362 g/mol. The fourth-order valence-electron chi connectivity index (χ4n) is 2.73. The van der Waals surface area contributed by atoms with Gasteiger partial charge in [0, 0.05) is 31.0 Å². The van der Waals surface area contributed by atoms with Crippen LogP contribution >= 0.6 is 11.3 Å². The van der Waals surface area contributed by atoms with Crippen molar-refractivity contribution >= 4 is 21.6 Å². The minimum Gasteiger partial charge on any atom is -0.491 e. The van der Waals surface area contributed by atoms with Gasteiger partial charge in [-0.15, -0.1) is 11.3 Å². The number of ether oxygens (including phenoxy) is 1. The standard InChI is InChI=1S/C20H19N3O3S/c24-16(12-22-11-14-3-2-7-21-10-14)13-25-17-5-1-4-15(9-17)19-20-18(26-23-19)6-8-27-20/h1-10,16,22,24H,11-13H2/t16-/m1/s1. The lowest BCUT2D eigenvalue weighted by Crippen LogP contribution is -2.31. The van der Waals surface area contributed by atoms with Crippen LogP contribution in [-0.4, -0.2) is 34.5 Å². The topological polar surface area (TPSA) is 80.4 Å². The Labute approximate surface area is 160 Å². The van der Waals surface area contributed by atoms with Crippen molar-refractivity contribution in [3.8, 4) is 17.0 Å². The van der Waals surface area contributed by atoms with Crippen LogP contribution < -0.4 is 10.1 Å². The molecule has 0 aliphatic rings. The molecule has 138 valence electrons. The first-order valence-corrected chi connectivity index (χ1v) is 9.51. The van der Waals surface area contributed by atoms with E-state index < -0.39 is 6.10 Å². The fraction of sp³-hybridized carbons (Fsp3) is 0.200. The highest BCUT2D eigenvalue weighted by atomic mass is 32.1. The van der Waals surface area contributed by atoms with Gasteiger partial charge in [0.2, 0.25) is 0 Å². The van der Waals surface area contributed by atoms with Crippen LogP contribution in [0.2, 0.25) is 0 Å². The summed E-state index contributed by atoms with van der Waals surface area (Å²) in [5, 5.41) is 19.5. The van der Waals surface area contributed by atoms with E-state index in [0.29, 0.717) is 18.8 Å². The van der Waals surface area contributed by atoms with E-state index in [4.69, 9.17) is 9.26 Å². The van der Waals surface area contributed by atoms with Gasteiger partial charge in [-0.1, -0.05) is 23.4 Å². The highest BCUT2D eigenvalue weighted by Crippen LogP contribution is 2.33. The second-order valence-electron chi connectivity index (χ2n) is 6.13. The number of fused-ring (bicyclic) bond motifs is 1. The van der Waals surface area contributed by atoms with Crippen molar-refractivity contribution in [3.63, 3.8) is 0 Å². The number of nitrogens with one attached hydrogen (secondary N) is 1. The van der Waals surface area contributed by atoms with Gasteiger partial charge in [0.25, 0.3) is 0 Å². The molecule has 4 rings (SSSR count). The van der Waals surface area contributed by atoms with Crippen molar-refractivity contribution in [2.24, 2.45) is 0 Å². The molecule has 27 heavy (non-hydrogen) atoms. The van der Waals surface area contributed by atoms with E-state index >= 15 is 0 Å². The third kappa shape index (κ3) is 4.33. The molecule has 0 bridgehead atoms. The highest BCUT2D eigenvalue weighted by Gasteiger charge is 2.12. The van der Waals surface area contributed by atoms with Gasteiger partial charge < -0.3 is 19.7 Å². The van der Waals surface area contributed by atoms with Crippen LogP contribution in [0.25, 0.3) is 21.5 Å². The first kappa shape index (κ1) is 17.7. The number of aliphatic hydroxyl groups is 1. The summed E-state index contributed by atoms with van der Waals surface area (Å²) in [5.74, 6) is 0.687. The summed E-state index contributed by atoms with van der Waals surface area (Å²) in [4.78, 5) is 4.06. The average Bonchev–Trinajstić information content (AvgIpc) is 3.31. The third-order valence-electron chi connectivity index (χ3n) is 4.06. The van der Waals surface area contributed by atoms with Crippen LogP contribution in [0.5, 0.6) is 5.75 Å². The number of pyridine rings is 1. The summed E-state index contributed by atoms with van der Waals surface area (Å²) in [6, 6.07) is 13.4. The molecule has 1 atom stereocenters.